The normalized spacial score (nSPS) is 12.6. The molecular formula is C23H31N3O2. The molecule has 0 aromatic carbocycles. The van der Waals surface area contributed by atoms with E-state index in [-0.39, 0.29) is 11.3 Å². The molecule has 0 radical (unpaired) electrons. The SMILES string of the molecule is CC(=O)N(c1c(-c2cc(C)c(C)o2)nc2ccccn12)C(C)(C)CC(C)(C)C. The number of furan rings is 1. The van der Waals surface area contributed by atoms with Crippen molar-refractivity contribution < 1.29 is 9.21 Å². The number of amides is 1. The molecule has 0 aliphatic heterocycles. The van der Waals surface area contributed by atoms with E-state index in [1.54, 1.807) is 6.92 Å². The number of hydrogen-bond donors (Lipinski definition) is 0. The molecule has 0 N–H and O–H groups in total. The molecule has 0 unspecified atom stereocenters. The molecule has 0 saturated carbocycles. The maximum Gasteiger partial charge on any atom is 0.225 e. The summed E-state index contributed by atoms with van der Waals surface area (Å²) in [4.78, 5) is 19.6. The van der Waals surface area contributed by atoms with Gasteiger partial charge in [-0.1, -0.05) is 26.8 Å². The lowest BCUT2D eigenvalue weighted by molar-refractivity contribution is -0.117. The van der Waals surface area contributed by atoms with Gasteiger partial charge in [0.15, 0.2) is 11.6 Å². The van der Waals surface area contributed by atoms with Gasteiger partial charge in [-0.05, 0) is 63.3 Å². The summed E-state index contributed by atoms with van der Waals surface area (Å²) in [6.07, 6.45) is 2.79. The van der Waals surface area contributed by atoms with Crippen LogP contribution in [0.4, 0.5) is 5.82 Å². The highest BCUT2D eigenvalue weighted by atomic mass is 16.3. The molecular weight excluding hydrogens is 350 g/mol. The van der Waals surface area contributed by atoms with Crippen LogP contribution in [0.5, 0.6) is 0 Å². The Hall–Kier alpha value is -2.56. The summed E-state index contributed by atoms with van der Waals surface area (Å²) in [6.45, 7) is 16.4. The Morgan fingerprint density at radius 2 is 1.86 bits per heavy atom. The number of imidazole rings is 1. The number of pyridine rings is 1. The summed E-state index contributed by atoms with van der Waals surface area (Å²) in [5.41, 5.74) is 2.22. The van der Waals surface area contributed by atoms with E-state index in [2.05, 4.69) is 34.6 Å². The molecule has 3 heterocycles. The van der Waals surface area contributed by atoms with Crippen molar-refractivity contribution in [1.82, 2.24) is 9.38 Å². The summed E-state index contributed by atoms with van der Waals surface area (Å²) in [7, 11) is 0. The minimum absolute atomic E-state index is 0.0128. The predicted octanol–water partition coefficient (Wildman–Crippen LogP) is 5.78. The van der Waals surface area contributed by atoms with E-state index in [1.165, 1.54) is 0 Å². The molecule has 3 aromatic heterocycles. The average Bonchev–Trinajstić information content (AvgIpc) is 3.06. The highest BCUT2D eigenvalue weighted by Gasteiger charge is 2.38. The van der Waals surface area contributed by atoms with Crippen molar-refractivity contribution in [2.75, 3.05) is 4.90 Å². The largest absolute Gasteiger partial charge is 0.459 e. The van der Waals surface area contributed by atoms with Crippen LogP contribution in [0, 0.1) is 19.3 Å². The van der Waals surface area contributed by atoms with Crippen LogP contribution in [0.1, 0.15) is 59.3 Å². The van der Waals surface area contributed by atoms with Crippen molar-refractivity contribution in [3.8, 4) is 11.5 Å². The molecule has 0 fully saturated rings. The van der Waals surface area contributed by atoms with Gasteiger partial charge in [0.1, 0.15) is 17.1 Å². The maximum atomic E-state index is 12.9. The number of fused-ring (bicyclic) bond motifs is 1. The number of carbonyl (C=O) groups is 1. The maximum absolute atomic E-state index is 12.9. The van der Waals surface area contributed by atoms with Crippen molar-refractivity contribution in [1.29, 1.82) is 0 Å². The molecule has 0 bridgehead atoms. The summed E-state index contributed by atoms with van der Waals surface area (Å²) in [5.74, 6) is 2.29. The zero-order valence-corrected chi connectivity index (χ0v) is 18.3. The molecule has 28 heavy (non-hydrogen) atoms. The monoisotopic (exact) mass is 381 g/mol. The van der Waals surface area contributed by atoms with E-state index in [1.807, 2.05) is 53.6 Å². The van der Waals surface area contributed by atoms with Crippen LogP contribution in [-0.2, 0) is 4.79 Å². The fraction of sp³-hybridized carbons (Fsp3) is 0.478. The first-order valence-electron chi connectivity index (χ1n) is 9.76. The molecule has 0 spiro atoms. The molecule has 0 aliphatic carbocycles. The van der Waals surface area contributed by atoms with Crippen molar-refractivity contribution >= 4 is 17.4 Å². The van der Waals surface area contributed by atoms with E-state index >= 15 is 0 Å². The van der Waals surface area contributed by atoms with Crippen LogP contribution in [-0.4, -0.2) is 20.8 Å². The van der Waals surface area contributed by atoms with Crippen molar-refractivity contribution in [3.63, 3.8) is 0 Å². The van der Waals surface area contributed by atoms with Crippen LogP contribution >= 0.6 is 0 Å². The Bertz CT molecular complexity index is 999. The minimum Gasteiger partial charge on any atom is -0.459 e. The summed E-state index contributed by atoms with van der Waals surface area (Å²) < 4.78 is 7.98. The summed E-state index contributed by atoms with van der Waals surface area (Å²) in [6, 6.07) is 7.85. The van der Waals surface area contributed by atoms with Gasteiger partial charge >= 0.3 is 0 Å². The first kappa shape index (κ1) is 20.2. The molecule has 5 heteroatoms. The van der Waals surface area contributed by atoms with E-state index in [0.717, 1.165) is 29.2 Å². The van der Waals surface area contributed by atoms with Gasteiger partial charge in [-0.2, -0.15) is 0 Å². The van der Waals surface area contributed by atoms with E-state index in [0.29, 0.717) is 11.5 Å². The molecule has 3 aromatic rings. The first-order valence-corrected chi connectivity index (χ1v) is 9.76. The number of aryl methyl sites for hydroxylation is 2. The summed E-state index contributed by atoms with van der Waals surface area (Å²) in [5, 5.41) is 0. The van der Waals surface area contributed by atoms with E-state index < -0.39 is 5.54 Å². The number of anilines is 1. The Morgan fingerprint density at radius 1 is 1.18 bits per heavy atom. The van der Waals surface area contributed by atoms with Crippen LogP contribution in [0.25, 0.3) is 17.1 Å². The third-order valence-electron chi connectivity index (χ3n) is 5.00. The van der Waals surface area contributed by atoms with Gasteiger partial charge in [0.25, 0.3) is 0 Å². The molecule has 5 nitrogen and oxygen atoms in total. The predicted molar refractivity (Wildman–Crippen MR) is 114 cm³/mol. The minimum atomic E-state index is -0.401. The lowest BCUT2D eigenvalue weighted by atomic mass is 9.80. The second-order valence-corrected chi connectivity index (χ2v) is 9.47. The number of carbonyl (C=O) groups excluding carboxylic acids is 1. The first-order chi connectivity index (χ1) is 12.9. The van der Waals surface area contributed by atoms with Crippen LogP contribution in [0.2, 0.25) is 0 Å². The number of hydrogen-bond acceptors (Lipinski definition) is 3. The third-order valence-corrected chi connectivity index (χ3v) is 5.00. The van der Waals surface area contributed by atoms with Crippen molar-refractivity contribution in [2.45, 2.75) is 67.3 Å². The van der Waals surface area contributed by atoms with Crippen LogP contribution in [0.3, 0.4) is 0 Å². The van der Waals surface area contributed by atoms with Crippen LogP contribution in [0.15, 0.2) is 34.9 Å². The van der Waals surface area contributed by atoms with Gasteiger partial charge in [0.05, 0.1) is 0 Å². The summed E-state index contributed by atoms with van der Waals surface area (Å²) >= 11 is 0. The fourth-order valence-electron chi connectivity index (χ4n) is 4.29. The average molecular weight is 382 g/mol. The van der Waals surface area contributed by atoms with E-state index in [9.17, 15) is 4.79 Å². The quantitative estimate of drug-likeness (QED) is 0.576. The smallest absolute Gasteiger partial charge is 0.225 e. The van der Waals surface area contributed by atoms with Gasteiger partial charge < -0.3 is 4.42 Å². The van der Waals surface area contributed by atoms with Crippen molar-refractivity contribution in [3.05, 3.63) is 41.8 Å². The highest BCUT2D eigenvalue weighted by molar-refractivity contribution is 5.96. The molecule has 150 valence electrons. The third kappa shape index (κ3) is 3.71. The molecule has 3 rings (SSSR count). The second kappa shape index (κ2) is 6.80. The number of rotatable bonds is 4. The van der Waals surface area contributed by atoms with Gasteiger partial charge in [-0.3, -0.25) is 14.1 Å². The van der Waals surface area contributed by atoms with Crippen molar-refractivity contribution in [2.24, 2.45) is 5.41 Å². The molecule has 0 atom stereocenters. The topological polar surface area (TPSA) is 50.8 Å². The van der Waals surface area contributed by atoms with E-state index in [4.69, 9.17) is 9.40 Å². The molecule has 0 aliphatic rings. The van der Waals surface area contributed by atoms with Crippen LogP contribution < -0.4 is 4.90 Å². The second-order valence-electron chi connectivity index (χ2n) is 9.47. The molecule has 0 saturated heterocycles. The number of aromatic nitrogens is 2. The molecule has 1 amide bonds. The number of nitrogens with zero attached hydrogens (tertiary/aromatic N) is 3. The Balaban J connectivity index is 2.29. The zero-order valence-electron chi connectivity index (χ0n) is 18.3. The Morgan fingerprint density at radius 3 is 2.39 bits per heavy atom. The zero-order chi connectivity index (χ0) is 20.9. The van der Waals surface area contributed by atoms with Gasteiger partial charge in [-0.25, -0.2) is 4.98 Å². The Labute approximate surface area is 167 Å². The Kier molecular flexibility index (Phi) is 4.90. The lowest BCUT2D eigenvalue weighted by Gasteiger charge is -2.41. The van der Waals surface area contributed by atoms with Gasteiger partial charge in [0, 0.05) is 18.7 Å². The lowest BCUT2D eigenvalue weighted by Crippen LogP contribution is -2.50. The van der Waals surface area contributed by atoms with Gasteiger partial charge in [-0.15, -0.1) is 0 Å². The van der Waals surface area contributed by atoms with Gasteiger partial charge in [0.2, 0.25) is 5.91 Å². The standard InChI is InChI=1S/C23H31N3O2/c1-15-13-18(28-16(15)2)20-21(25-12-10-9-11-19(25)24-20)26(17(3)27)23(7,8)14-22(4,5)6/h9-13H,14H2,1-8H3. The highest BCUT2D eigenvalue weighted by Crippen LogP contribution is 2.40. The fourth-order valence-corrected chi connectivity index (χ4v) is 4.29.